The summed E-state index contributed by atoms with van der Waals surface area (Å²) >= 11 is 0. The van der Waals surface area contributed by atoms with E-state index in [0.29, 0.717) is 6.04 Å². The van der Waals surface area contributed by atoms with Gasteiger partial charge in [-0.15, -0.1) is 0 Å². The predicted octanol–water partition coefficient (Wildman–Crippen LogP) is 5.14. The number of allylic oxidation sites excluding steroid dienone is 2. The van der Waals surface area contributed by atoms with E-state index in [1.165, 1.54) is 51.6 Å². The topological polar surface area (TPSA) is 21.7 Å². The van der Waals surface area contributed by atoms with Crippen molar-refractivity contribution in [3.05, 3.63) is 23.2 Å². The van der Waals surface area contributed by atoms with Gasteiger partial charge in [0.1, 0.15) is 5.76 Å². The van der Waals surface area contributed by atoms with Crippen LogP contribution in [0.4, 0.5) is 0 Å². The molecule has 2 aliphatic rings. The van der Waals surface area contributed by atoms with E-state index in [0.717, 1.165) is 29.8 Å². The Hall–Kier alpha value is -0.960. The second-order valence-electron chi connectivity index (χ2n) is 7.81. The molecule has 2 unspecified atom stereocenters. The van der Waals surface area contributed by atoms with Crippen LogP contribution in [0.15, 0.2) is 23.2 Å². The third-order valence-corrected chi connectivity index (χ3v) is 5.55. The Morgan fingerprint density at radius 2 is 2.00 bits per heavy atom. The van der Waals surface area contributed by atoms with E-state index in [4.69, 9.17) is 9.47 Å². The van der Waals surface area contributed by atoms with Gasteiger partial charge >= 0.3 is 0 Å². The minimum atomic E-state index is 0.607. The first-order valence-corrected chi connectivity index (χ1v) is 9.84. The average Bonchev–Trinajstić information content (AvgIpc) is 2.76. The van der Waals surface area contributed by atoms with Crippen molar-refractivity contribution in [3.8, 4) is 0 Å². The molecule has 0 bridgehead atoms. The molecule has 0 aliphatic carbocycles. The molecule has 0 aromatic heterocycles. The van der Waals surface area contributed by atoms with Crippen molar-refractivity contribution in [2.75, 3.05) is 27.3 Å². The van der Waals surface area contributed by atoms with Crippen molar-refractivity contribution in [2.24, 2.45) is 11.8 Å². The zero-order chi connectivity index (χ0) is 17.5. The number of fused-ring (bicyclic) bond motifs is 1. The van der Waals surface area contributed by atoms with Crippen LogP contribution in [0.2, 0.25) is 0 Å². The Labute approximate surface area is 149 Å². The normalized spacial score (nSPS) is 28.3. The summed E-state index contributed by atoms with van der Waals surface area (Å²) in [4.78, 5) is 2.75. The first kappa shape index (κ1) is 19.4. The maximum Gasteiger partial charge on any atom is 0.156 e. The number of hydrogen-bond acceptors (Lipinski definition) is 3. The maximum atomic E-state index is 5.65. The van der Waals surface area contributed by atoms with Gasteiger partial charge in [0.15, 0.2) is 5.76 Å². The number of ether oxygens (including phenoxy) is 2. The fourth-order valence-electron chi connectivity index (χ4n) is 4.47. The molecule has 3 nitrogen and oxygen atoms in total. The molecule has 138 valence electrons. The van der Waals surface area contributed by atoms with E-state index in [9.17, 15) is 0 Å². The SMILES string of the molecule is CC/C(OC)=C(\C=C1/CCCCN2CC(CC(C)C)CCC12)OC. The molecule has 0 aromatic rings. The van der Waals surface area contributed by atoms with Crippen LogP contribution in [0.3, 0.4) is 0 Å². The summed E-state index contributed by atoms with van der Waals surface area (Å²) < 4.78 is 11.2. The molecule has 2 aliphatic heterocycles. The monoisotopic (exact) mass is 335 g/mol. The van der Waals surface area contributed by atoms with Crippen molar-refractivity contribution in [2.45, 2.75) is 71.8 Å². The molecular weight excluding hydrogens is 298 g/mol. The van der Waals surface area contributed by atoms with Crippen LogP contribution in [-0.4, -0.2) is 38.3 Å². The molecule has 0 N–H and O–H groups in total. The third-order valence-electron chi connectivity index (χ3n) is 5.55. The van der Waals surface area contributed by atoms with Crippen LogP contribution in [0, 0.1) is 11.8 Å². The van der Waals surface area contributed by atoms with Gasteiger partial charge in [-0.25, -0.2) is 0 Å². The molecule has 2 heterocycles. The van der Waals surface area contributed by atoms with Crippen molar-refractivity contribution >= 4 is 0 Å². The van der Waals surface area contributed by atoms with Crippen molar-refractivity contribution in [1.29, 1.82) is 0 Å². The second-order valence-corrected chi connectivity index (χ2v) is 7.81. The van der Waals surface area contributed by atoms with E-state index in [-0.39, 0.29) is 0 Å². The first-order valence-electron chi connectivity index (χ1n) is 9.84. The molecule has 3 heteroatoms. The fraction of sp³-hybridized carbons (Fsp3) is 0.810. The molecule has 0 amide bonds. The van der Waals surface area contributed by atoms with Crippen molar-refractivity contribution in [3.63, 3.8) is 0 Å². The quantitative estimate of drug-likeness (QED) is 0.628. The highest BCUT2D eigenvalue weighted by atomic mass is 16.5. The molecule has 2 rings (SSSR count). The highest BCUT2D eigenvalue weighted by Gasteiger charge is 2.32. The van der Waals surface area contributed by atoms with Crippen LogP contribution in [-0.2, 0) is 9.47 Å². The molecule has 24 heavy (non-hydrogen) atoms. The van der Waals surface area contributed by atoms with Crippen LogP contribution in [0.5, 0.6) is 0 Å². The van der Waals surface area contributed by atoms with Gasteiger partial charge in [0.25, 0.3) is 0 Å². The highest BCUT2D eigenvalue weighted by Crippen LogP contribution is 2.35. The lowest BCUT2D eigenvalue weighted by Crippen LogP contribution is -2.44. The number of piperidine rings is 1. The lowest BCUT2D eigenvalue weighted by molar-refractivity contribution is 0.120. The Bertz CT molecular complexity index is 447. The zero-order valence-electron chi connectivity index (χ0n) is 16.4. The standard InChI is InChI=1S/C21H37NO2/c1-6-20(23-4)21(24-5)14-18-9-7-8-12-22-15-17(13-16(2)3)10-11-19(18)22/h14,16-17,19H,6-13,15H2,1-5H3/b18-14+,21-20-. The van der Waals surface area contributed by atoms with Crippen LogP contribution in [0.25, 0.3) is 0 Å². The van der Waals surface area contributed by atoms with Crippen molar-refractivity contribution < 1.29 is 9.47 Å². The molecule has 2 fully saturated rings. The summed E-state index contributed by atoms with van der Waals surface area (Å²) in [6, 6.07) is 0.607. The van der Waals surface area contributed by atoms with Crippen molar-refractivity contribution in [1.82, 2.24) is 4.90 Å². The summed E-state index contributed by atoms with van der Waals surface area (Å²) in [5.41, 5.74) is 1.55. The summed E-state index contributed by atoms with van der Waals surface area (Å²) in [5, 5.41) is 0. The summed E-state index contributed by atoms with van der Waals surface area (Å²) in [5.74, 6) is 3.56. The van der Waals surface area contributed by atoms with Gasteiger partial charge in [0.2, 0.25) is 0 Å². The van der Waals surface area contributed by atoms with E-state index in [1.54, 1.807) is 19.8 Å². The largest absolute Gasteiger partial charge is 0.497 e. The summed E-state index contributed by atoms with van der Waals surface area (Å²) in [7, 11) is 3.50. The Balaban J connectivity index is 2.19. The number of nitrogens with zero attached hydrogens (tertiary/aromatic N) is 1. The van der Waals surface area contributed by atoms with Crippen LogP contribution in [0.1, 0.15) is 65.7 Å². The number of methoxy groups -OCH3 is 2. The van der Waals surface area contributed by atoms with E-state index >= 15 is 0 Å². The first-order chi connectivity index (χ1) is 11.6. The lowest BCUT2D eigenvalue weighted by Gasteiger charge is -2.40. The van der Waals surface area contributed by atoms with Gasteiger partial charge in [-0.2, -0.15) is 0 Å². The molecule has 2 saturated heterocycles. The van der Waals surface area contributed by atoms with Gasteiger partial charge < -0.3 is 9.47 Å². The molecule has 0 saturated carbocycles. The van der Waals surface area contributed by atoms with Gasteiger partial charge in [0, 0.05) is 19.0 Å². The molecular formula is C21H37NO2. The Morgan fingerprint density at radius 1 is 1.21 bits per heavy atom. The van der Waals surface area contributed by atoms with Gasteiger partial charge in [-0.3, -0.25) is 4.90 Å². The zero-order valence-corrected chi connectivity index (χ0v) is 16.4. The van der Waals surface area contributed by atoms with Gasteiger partial charge in [-0.1, -0.05) is 20.8 Å². The van der Waals surface area contributed by atoms with E-state index in [1.807, 2.05) is 0 Å². The third kappa shape index (κ3) is 5.02. The Morgan fingerprint density at radius 3 is 2.62 bits per heavy atom. The smallest absolute Gasteiger partial charge is 0.156 e. The maximum absolute atomic E-state index is 5.65. The van der Waals surface area contributed by atoms with E-state index < -0.39 is 0 Å². The highest BCUT2D eigenvalue weighted by molar-refractivity contribution is 5.26. The van der Waals surface area contributed by atoms with Gasteiger partial charge in [-0.05, 0) is 68.6 Å². The second kappa shape index (κ2) is 9.50. The summed E-state index contributed by atoms with van der Waals surface area (Å²) in [6.07, 6.45) is 11.0. The molecule has 0 spiro atoms. The minimum absolute atomic E-state index is 0.607. The molecule has 0 aromatic carbocycles. The molecule has 2 atom stereocenters. The number of rotatable bonds is 6. The Kier molecular flexibility index (Phi) is 7.67. The number of hydrogen-bond donors (Lipinski definition) is 0. The molecule has 0 radical (unpaired) electrons. The lowest BCUT2D eigenvalue weighted by atomic mass is 9.84. The van der Waals surface area contributed by atoms with Crippen LogP contribution < -0.4 is 0 Å². The van der Waals surface area contributed by atoms with Gasteiger partial charge in [0.05, 0.1) is 14.2 Å². The predicted molar refractivity (Wildman–Crippen MR) is 101 cm³/mol. The minimum Gasteiger partial charge on any atom is -0.497 e. The fourth-order valence-corrected chi connectivity index (χ4v) is 4.47. The summed E-state index contributed by atoms with van der Waals surface area (Å²) in [6.45, 7) is 9.36. The average molecular weight is 336 g/mol. The van der Waals surface area contributed by atoms with Crippen LogP contribution >= 0.6 is 0 Å². The van der Waals surface area contributed by atoms with E-state index in [2.05, 4.69) is 31.7 Å².